The lowest BCUT2D eigenvalue weighted by Crippen LogP contribution is -2.15. The Morgan fingerprint density at radius 3 is 2.70 bits per heavy atom. The third kappa shape index (κ3) is 2.55. The molecular formula is C18H16N4O. The van der Waals surface area contributed by atoms with Crippen LogP contribution in [0.4, 0.5) is 0 Å². The van der Waals surface area contributed by atoms with Crippen LogP contribution in [0.2, 0.25) is 0 Å². The molecular weight excluding hydrogens is 288 g/mol. The van der Waals surface area contributed by atoms with Crippen molar-refractivity contribution in [2.75, 3.05) is 0 Å². The molecule has 2 aromatic heterocycles. The average Bonchev–Trinajstić information content (AvgIpc) is 3.03. The number of H-pyrrole nitrogens is 1. The number of rotatable bonds is 2. The summed E-state index contributed by atoms with van der Waals surface area (Å²) in [6.45, 7) is 5.54. The van der Waals surface area contributed by atoms with Crippen LogP contribution in [0.1, 0.15) is 27.4 Å². The fourth-order valence-corrected chi connectivity index (χ4v) is 2.72. The van der Waals surface area contributed by atoms with Crippen LogP contribution in [0.3, 0.4) is 0 Å². The number of fused-ring (bicyclic) bond motifs is 1. The molecule has 0 spiro atoms. The zero-order valence-corrected chi connectivity index (χ0v) is 13.2. The highest BCUT2D eigenvalue weighted by Crippen LogP contribution is 2.24. The molecule has 5 heteroatoms. The average molecular weight is 304 g/mol. The van der Waals surface area contributed by atoms with Crippen LogP contribution in [-0.2, 0) is 0 Å². The third-order valence-electron chi connectivity index (χ3n) is 3.78. The van der Waals surface area contributed by atoms with E-state index in [2.05, 4.69) is 10.1 Å². The molecule has 5 nitrogen and oxygen atoms in total. The van der Waals surface area contributed by atoms with Gasteiger partial charge in [0.05, 0.1) is 5.69 Å². The highest BCUT2D eigenvalue weighted by atomic mass is 16.2. The lowest BCUT2D eigenvalue weighted by Gasteiger charge is -2.02. The molecule has 0 bridgehead atoms. The fraction of sp³-hybridized carbons (Fsp3) is 0.167. The maximum Gasteiger partial charge on any atom is 0.289 e. The Morgan fingerprint density at radius 1 is 1.30 bits per heavy atom. The zero-order valence-electron chi connectivity index (χ0n) is 13.2. The number of allylic oxidation sites excluding steroid dienone is 1. The number of carbonyl (C=O) groups is 1. The molecule has 0 saturated heterocycles. The van der Waals surface area contributed by atoms with Gasteiger partial charge >= 0.3 is 0 Å². The Bertz CT molecular complexity index is 982. The van der Waals surface area contributed by atoms with E-state index in [-0.39, 0.29) is 5.57 Å². The van der Waals surface area contributed by atoms with Crippen molar-refractivity contribution in [1.82, 2.24) is 14.8 Å². The first kappa shape index (κ1) is 14.8. The van der Waals surface area contributed by atoms with Gasteiger partial charge in [-0.15, -0.1) is 0 Å². The van der Waals surface area contributed by atoms with Crippen molar-refractivity contribution >= 4 is 22.9 Å². The van der Waals surface area contributed by atoms with Crippen LogP contribution < -0.4 is 0 Å². The Kier molecular flexibility index (Phi) is 3.59. The first-order chi connectivity index (χ1) is 11.0. The van der Waals surface area contributed by atoms with Gasteiger partial charge in [-0.3, -0.25) is 4.79 Å². The van der Waals surface area contributed by atoms with E-state index in [9.17, 15) is 10.1 Å². The second-order valence-electron chi connectivity index (χ2n) is 5.52. The second kappa shape index (κ2) is 5.58. The largest absolute Gasteiger partial charge is 0.358 e. The van der Waals surface area contributed by atoms with E-state index in [0.29, 0.717) is 5.69 Å². The van der Waals surface area contributed by atoms with Gasteiger partial charge in [-0.1, -0.05) is 18.2 Å². The van der Waals surface area contributed by atoms with E-state index < -0.39 is 5.91 Å². The number of aryl methyl sites for hydroxylation is 3. The Labute approximate surface area is 133 Å². The molecule has 0 unspecified atom stereocenters. The van der Waals surface area contributed by atoms with Gasteiger partial charge < -0.3 is 4.98 Å². The minimum absolute atomic E-state index is 0.0593. The quantitative estimate of drug-likeness (QED) is 0.581. The second-order valence-corrected chi connectivity index (χ2v) is 5.52. The molecule has 2 heterocycles. The highest BCUT2D eigenvalue weighted by molar-refractivity contribution is 6.05. The van der Waals surface area contributed by atoms with Gasteiger partial charge in [-0.05, 0) is 39.0 Å². The van der Waals surface area contributed by atoms with Crippen molar-refractivity contribution in [2.24, 2.45) is 0 Å². The fourth-order valence-electron chi connectivity index (χ4n) is 2.72. The van der Waals surface area contributed by atoms with Gasteiger partial charge in [0.15, 0.2) is 0 Å². The molecule has 23 heavy (non-hydrogen) atoms. The first-order valence-corrected chi connectivity index (χ1v) is 7.28. The maximum absolute atomic E-state index is 12.6. The normalized spacial score (nSPS) is 11.7. The topological polar surface area (TPSA) is 74.5 Å². The van der Waals surface area contributed by atoms with Crippen LogP contribution in [0.25, 0.3) is 17.0 Å². The summed E-state index contributed by atoms with van der Waals surface area (Å²) in [5, 5.41) is 14.6. The van der Waals surface area contributed by atoms with Crippen molar-refractivity contribution < 1.29 is 4.79 Å². The predicted octanol–water partition coefficient (Wildman–Crippen LogP) is 3.54. The molecule has 1 aromatic carbocycles. The first-order valence-electron chi connectivity index (χ1n) is 7.28. The van der Waals surface area contributed by atoms with Gasteiger partial charge in [0.2, 0.25) is 0 Å². The Balaban J connectivity index is 2.12. The number of nitriles is 1. The predicted molar refractivity (Wildman–Crippen MR) is 89.0 cm³/mol. The number of para-hydroxylation sites is 1. The molecule has 0 aliphatic heterocycles. The molecule has 0 aliphatic rings. The third-order valence-corrected chi connectivity index (χ3v) is 3.78. The molecule has 0 saturated carbocycles. The van der Waals surface area contributed by atoms with Gasteiger partial charge in [0.25, 0.3) is 5.91 Å². The van der Waals surface area contributed by atoms with Crippen molar-refractivity contribution in [3.05, 3.63) is 58.6 Å². The van der Waals surface area contributed by atoms with E-state index in [1.807, 2.05) is 50.2 Å². The SMILES string of the molecule is Cc1cc(C)n(C(=O)/C(C#N)=C/c2c(C)[nH]c3ccccc23)n1. The lowest BCUT2D eigenvalue weighted by atomic mass is 10.1. The standard InChI is InChI=1S/C18H16N4O/c1-11-8-12(2)22(21-11)18(23)14(10-19)9-16-13(3)20-17-7-5-4-6-15(16)17/h4-9,20H,1-3H3/b14-9+. The van der Waals surface area contributed by atoms with Crippen LogP contribution in [0, 0.1) is 32.1 Å². The number of hydrogen-bond donors (Lipinski definition) is 1. The van der Waals surface area contributed by atoms with Crippen molar-refractivity contribution in [1.29, 1.82) is 5.26 Å². The van der Waals surface area contributed by atoms with Crippen LogP contribution in [0.5, 0.6) is 0 Å². The molecule has 0 amide bonds. The van der Waals surface area contributed by atoms with Gasteiger partial charge in [-0.25, -0.2) is 4.68 Å². The van der Waals surface area contributed by atoms with Crippen LogP contribution in [-0.4, -0.2) is 20.7 Å². The summed E-state index contributed by atoms with van der Waals surface area (Å²) in [6.07, 6.45) is 1.63. The smallest absolute Gasteiger partial charge is 0.289 e. The van der Waals surface area contributed by atoms with Gasteiger partial charge in [-0.2, -0.15) is 10.4 Å². The summed E-state index contributed by atoms with van der Waals surface area (Å²) in [5.41, 5.74) is 4.27. The number of carbonyl (C=O) groups excluding carboxylic acids is 1. The van der Waals surface area contributed by atoms with E-state index in [1.165, 1.54) is 4.68 Å². The lowest BCUT2D eigenvalue weighted by molar-refractivity contribution is 0.0944. The molecule has 0 fully saturated rings. The van der Waals surface area contributed by atoms with E-state index >= 15 is 0 Å². The summed E-state index contributed by atoms with van der Waals surface area (Å²) in [5.74, 6) is -0.414. The number of hydrogen-bond acceptors (Lipinski definition) is 3. The summed E-state index contributed by atoms with van der Waals surface area (Å²) < 4.78 is 1.27. The molecule has 3 rings (SSSR count). The van der Waals surface area contributed by atoms with E-state index in [1.54, 1.807) is 13.0 Å². The summed E-state index contributed by atoms with van der Waals surface area (Å²) in [4.78, 5) is 15.8. The Hall–Kier alpha value is -3.13. The summed E-state index contributed by atoms with van der Waals surface area (Å²) >= 11 is 0. The summed E-state index contributed by atoms with van der Waals surface area (Å²) in [7, 11) is 0. The zero-order chi connectivity index (χ0) is 16.6. The number of benzene rings is 1. The van der Waals surface area contributed by atoms with Crippen molar-refractivity contribution in [3.63, 3.8) is 0 Å². The van der Waals surface area contributed by atoms with Gasteiger partial charge in [0, 0.05) is 27.9 Å². The molecule has 3 aromatic rings. The van der Waals surface area contributed by atoms with Crippen LogP contribution in [0.15, 0.2) is 35.9 Å². The molecule has 0 radical (unpaired) electrons. The minimum atomic E-state index is -0.414. The van der Waals surface area contributed by atoms with E-state index in [0.717, 1.165) is 27.9 Å². The minimum Gasteiger partial charge on any atom is -0.358 e. The molecule has 114 valence electrons. The van der Waals surface area contributed by atoms with Gasteiger partial charge in [0.1, 0.15) is 11.6 Å². The van der Waals surface area contributed by atoms with Crippen LogP contribution >= 0.6 is 0 Å². The number of nitrogens with zero attached hydrogens (tertiary/aromatic N) is 3. The highest BCUT2D eigenvalue weighted by Gasteiger charge is 2.17. The molecule has 1 N–H and O–H groups in total. The number of aromatic nitrogens is 3. The molecule has 0 atom stereocenters. The van der Waals surface area contributed by atoms with Crippen molar-refractivity contribution in [2.45, 2.75) is 20.8 Å². The Morgan fingerprint density at radius 2 is 2.04 bits per heavy atom. The monoisotopic (exact) mass is 304 g/mol. The van der Waals surface area contributed by atoms with E-state index in [4.69, 9.17) is 0 Å². The number of nitrogens with one attached hydrogen (secondary N) is 1. The summed E-state index contributed by atoms with van der Waals surface area (Å²) in [6, 6.07) is 11.6. The maximum atomic E-state index is 12.6. The molecule has 0 aliphatic carbocycles. The number of aromatic amines is 1. The van der Waals surface area contributed by atoms with Crippen molar-refractivity contribution in [3.8, 4) is 6.07 Å².